The van der Waals surface area contributed by atoms with Crippen molar-refractivity contribution >= 4 is 0 Å². The molecule has 90 valence electrons. The number of H-pyrrole nitrogens is 4. The molecule has 0 aromatic carbocycles. The van der Waals surface area contributed by atoms with Gasteiger partial charge in [-0.05, 0) is 0 Å². The lowest BCUT2D eigenvalue weighted by Crippen LogP contribution is -2.23. The van der Waals surface area contributed by atoms with E-state index in [1.54, 1.807) is 4.98 Å². The molecule has 0 saturated heterocycles. The van der Waals surface area contributed by atoms with Crippen LogP contribution in [0, 0.1) is 5.82 Å². The van der Waals surface area contributed by atoms with Crippen LogP contribution < -0.4 is 22.5 Å². The van der Waals surface area contributed by atoms with Crippen molar-refractivity contribution in [2.24, 2.45) is 0 Å². The summed E-state index contributed by atoms with van der Waals surface area (Å²) in [7, 11) is 0. The molecule has 0 spiro atoms. The standard InChI is InChI=1S/C4H3FN2O2.C4H4N2O2/c5-2-1-6-4(9)7-3(2)8;7-3-1-2-5-4(8)6-3/h1H,(H2,6,7,8,9);1-2H,(H2,5,6,7,8). The minimum Gasteiger partial charge on any atom is -0.314 e. The second-order valence-corrected chi connectivity index (χ2v) is 2.72. The molecule has 2 aromatic rings. The number of halogens is 1. The molecule has 0 unspecified atom stereocenters. The summed E-state index contributed by atoms with van der Waals surface area (Å²) in [5, 5.41) is 0. The van der Waals surface area contributed by atoms with Gasteiger partial charge >= 0.3 is 11.4 Å². The molecule has 0 aliphatic heterocycles. The minimum absolute atomic E-state index is 0.381. The monoisotopic (exact) mass is 242 g/mol. The van der Waals surface area contributed by atoms with E-state index in [-0.39, 0.29) is 5.56 Å². The Hall–Kier alpha value is -2.71. The Morgan fingerprint density at radius 3 is 2.00 bits per heavy atom. The molecule has 2 heterocycles. The largest absolute Gasteiger partial charge is 0.325 e. The van der Waals surface area contributed by atoms with Crippen molar-refractivity contribution in [3.05, 3.63) is 66.0 Å². The van der Waals surface area contributed by atoms with Crippen molar-refractivity contribution in [2.45, 2.75) is 0 Å². The number of aromatic amines is 4. The van der Waals surface area contributed by atoms with Crippen LogP contribution in [0.15, 0.2) is 37.6 Å². The highest BCUT2D eigenvalue weighted by molar-refractivity contribution is 4.83. The van der Waals surface area contributed by atoms with E-state index in [9.17, 15) is 23.6 Å². The summed E-state index contributed by atoms with van der Waals surface area (Å²) in [6.45, 7) is 0. The number of aromatic nitrogens is 4. The van der Waals surface area contributed by atoms with Gasteiger partial charge in [-0.25, -0.2) is 9.59 Å². The molecule has 9 heteroatoms. The average molecular weight is 242 g/mol. The number of hydrogen-bond donors (Lipinski definition) is 4. The van der Waals surface area contributed by atoms with Gasteiger partial charge in [0.2, 0.25) is 5.82 Å². The predicted molar refractivity (Wildman–Crippen MR) is 55.3 cm³/mol. The third-order valence-electron chi connectivity index (χ3n) is 1.46. The number of nitrogens with one attached hydrogen (secondary N) is 4. The van der Waals surface area contributed by atoms with Crippen LogP contribution in [0.4, 0.5) is 4.39 Å². The molecule has 0 atom stereocenters. The molecule has 17 heavy (non-hydrogen) atoms. The van der Waals surface area contributed by atoms with Crippen molar-refractivity contribution in [3.63, 3.8) is 0 Å². The van der Waals surface area contributed by atoms with Gasteiger partial charge in [0, 0.05) is 18.5 Å². The van der Waals surface area contributed by atoms with E-state index in [0.717, 1.165) is 0 Å². The van der Waals surface area contributed by atoms with Crippen LogP contribution in [0.3, 0.4) is 0 Å². The van der Waals surface area contributed by atoms with E-state index in [2.05, 4.69) is 4.98 Å². The zero-order valence-electron chi connectivity index (χ0n) is 8.24. The summed E-state index contributed by atoms with van der Waals surface area (Å²) < 4.78 is 12.0. The maximum atomic E-state index is 12.0. The number of rotatable bonds is 0. The first-order valence-corrected chi connectivity index (χ1v) is 4.24. The third-order valence-corrected chi connectivity index (χ3v) is 1.46. The number of hydrogen-bond acceptors (Lipinski definition) is 4. The molecule has 4 N–H and O–H groups in total. The maximum Gasteiger partial charge on any atom is 0.325 e. The molecule has 0 bridgehead atoms. The topological polar surface area (TPSA) is 131 Å². The fourth-order valence-electron chi connectivity index (χ4n) is 0.776. The maximum absolute atomic E-state index is 12.0. The Kier molecular flexibility index (Phi) is 3.92. The van der Waals surface area contributed by atoms with Crippen molar-refractivity contribution in [1.29, 1.82) is 0 Å². The Morgan fingerprint density at radius 1 is 0.941 bits per heavy atom. The van der Waals surface area contributed by atoms with Gasteiger partial charge in [0.1, 0.15) is 0 Å². The van der Waals surface area contributed by atoms with Gasteiger partial charge in [-0.3, -0.25) is 19.6 Å². The average Bonchev–Trinajstić information content (AvgIpc) is 2.24. The molecule has 0 amide bonds. The third kappa shape index (κ3) is 4.11. The van der Waals surface area contributed by atoms with E-state index in [1.807, 2.05) is 9.97 Å². The fourth-order valence-corrected chi connectivity index (χ4v) is 0.776. The molecule has 2 rings (SSSR count). The van der Waals surface area contributed by atoms with Crippen LogP contribution in [0.25, 0.3) is 0 Å². The molecule has 2 aromatic heterocycles. The van der Waals surface area contributed by atoms with Crippen LogP contribution in [-0.2, 0) is 0 Å². The van der Waals surface area contributed by atoms with Gasteiger partial charge in [-0.15, -0.1) is 0 Å². The van der Waals surface area contributed by atoms with Crippen molar-refractivity contribution < 1.29 is 4.39 Å². The summed E-state index contributed by atoms with van der Waals surface area (Å²) in [5.74, 6) is -0.991. The highest BCUT2D eigenvalue weighted by Gasteiger charge is 1.93. The van der Waals surface area contributed by atoms with E-state index in [4.69, 9.17) is 0 Å². The molecule has 0 aliphatic carbocycles. The second kappa shape index (κ2) is 5.39. The van der Waals surface area contributed by atoms with Gasteiger partial charge in [-0.1, -0.05) is 0 Å². The minimum atomic E-state index is -1.00. The molecule has 0 radical (unpaired) electrons. The van der Waals surface area contributed by atoms with Crippen LogP contribution in [0.1, 0.15) is 0 Å². The predicted octanol–water partition coefficient (Wildman–Crippen LogP) is -1.73. The van der Waals surface area contributed by atoms with Crippen molar-refractivity contribution in [3.8, 4) is 0 Å². The Bertz CT molecular complexity index is 685. The normalized spacial score (nSPS) is 9.24. The smallest absolute Gasteiger partial charge is 0.314 e. The van der Waals surface area contributed by atoms with E-state index < -0.39 is 22.8 Å². The molecule has 0 fully saturated rings. The first-order chi connectivity index (χ1) is 7.99. The van der Waals surface area contributed by atoms with Gasteiger partial charge in [0.25, 0.3) is 11.1 Å². The van der Waals surface area contributed by atoms with Gasteiger partial charge in [0.05, 0.1) is 0 Å². The molecule has 0 saturated carbocycles. The van der Waals surface area contributed by atoms with Crippen molar-refractivity contribution in [1.82, 2.24) is 19.9 Å². The van der Waals surface area contributed by atoms with E-state index in [0.29, 0.717) is 6.20 Å². The summed E-state index contributed by atoms with van der Waals surface area (Å²) in [6.07, 6.45) is 2.00. The molecule has 8 nitrogen and oxygen atoms in total. The fraction of sp³-hybridized carbons (Fsp3) is 0. The van der Waals surface area contributed by atoms with E-state index in [1.165, 1.54) is 12.3 Å². The van der Waals surface area contributed by atoms with Crippen LogP contribution in [0.2, 0.25) is 0 Å². The summed E-state index contributed by atoms with van der Waals surface area (Å²) >= 11 is 0. The molecular formula is C8H7FN4O4. The summed E-state index contributed by atoms with van der Waals surface area (Å²) in [4.78, 5) is 48.7. The lowest BCUT2D eigenvalue weighted by atomic mass is 10.6. The Balaban J connectivity index is 0.000000171. The second-order valence-electron chi connectivity index (χ2n) is 2.72. The van der Waals surface area contributed by atoms with Gasteiger partial charge in [0.15, 0.2) is 0 Å². The SMILES string of the molecule is O=c1[nH]cc(F)c(=O)[nH]1.O=c1cc[nH]c(=O)[nH]1. The highest BCUT2D eigenvalue weighted by Crippen LogP contribution is 1.74. The quantitative estimate of drug-likeness (QED) is 0.436. The zero-order valence-corrected chi connectivity index (χ0v) is 8.24. The highest BCUT2D eigenvalue weighted by atomic mass is 19.1. The summed E-state index contributed by atoms with van der Waals surface area (Å²) in [5.41, 5.74) is -2.56. The first kappa shape index (κ1) is 12.4. The first-order valence-electron chi connectivity index (χ1n) is 4.24. The van der Waals surface area contributed by atoms with Crippen LogP contribution >= 0.6 is 0 Å². The van der Waals surface area contributed by atoms with Gasteiger partial charge < -0.3 is 9.97 Å². The van der Waals surface area contributed by atoms with Crippen LogP contribution in [0.5, 0.6) is 0 Å². The Morgan fingerprint density at radius 2 is 1.59 bits per heavy atom. The summed E-state index contributed by atoms with van der Waals surface area (Å²) in [6, 6.07) is 1.24. The van der Waals surface area contributed by atoms with Gasteiger partial charge in [-0.2, -0.15) is 4.39 Å². The zero-order chi connectivity index (χ0) is 12.8. The lowest BCUT2D eigenvalue weighted by molar-refractivity contribution is 0.597. The van der Waals surface area contributed by atoms with E-state index >= 15 is 0 Å². The van der Waals surface area contributed by atoms with Crippen molar-refractivity contribution in [2.75, 3.05) is 0 Å². The Labute approximate surface area is 91.2 Å². The molecular weight excluding hydrogens is 235 g/mol. The molecule has 0 aliphatic rings. The lowest BCUT2D eigenvalue weighted by Gasteiger charge is -1.81. The van der Waals surface area contributed by atoms with Crippen LogP contribution in [-0.4, -0.2) is 19.9 Å².